The minimum absolute atomic E-state index is 0.0207. The number of ether oxygens (including phenoxy) is 1. The van der Waals surface area contributed by atoms with Gasteiger partial charge in [0.2, 0.25) is 5.95 Å². The molecule has 1 saturated heterocycles. The Morgan fingerprint density at radius 3 is 2.68 bits per heavy atom. The molecule has 1 aromatic heterocycles. The molecule has 1 aromatic carbocycles. The molecule has 3 heterocycles. The predicted molar refractivity (Wildman–Crippen MR) is 106 cm³/mol. The van der Waals surface area contributed by atoms with Crippen molar-refractivity contribution >= 4 is 11.8 Å². The third-order valence-electron chi connectivity index (χ3n) is 5.54. The monoisotopic (exact) mass is 440 g/mol. The zero-order valence-electron chi connectivity index (χ0n) is 16.6. The molecule has 8 nitrogen and oxygen atoms in total. The number of phenolic OH excluding ortho intramolecular Hbond substituents is 1. The molecule has 2 aromatic rings. The van der Waals surface area contributed by atoms with Crippen LogP contribution >= 0.6 is 0 Å². The van der Waals surface area contributed by atoms with E-state index in [2.05, 4.69) is 10.3 Å². The standard InChI is InChI=1S/C20H23F3N4O4/c21-20(22,23)16-4-5-27-18(30)14(11-15(29)12-2-1-3-13(28)10-12)17(25-19(27)24-16)26-6-8-31-9-7-26/h1-3,10,15-16,28-29H,4-9,11H2,(H,24,25)/t15-,16-/m0/s1. The van der Waals surface area contributed by atoms with Gasteiger partial charge in [-0.2, -0.15) is 18.2 Å². The molecular weight excluding hydrogens is 417 g/mol. The lowest BCUT2D eigenvalue weighted by Gasteiger charge is -2.33. The van der Waals surface area contributed by atoms with E-state index in [0.29, 0.717) is 31.9 Å². The second kappa shape index (κ2) is 8.39. The maximum absolute atomic E-state index is 13.3. The summed E-state index contributed by atoms with van der Waals surface area (Å²) < 4.78 is 46.1. The van der Waals surface area contributed by atoms with E-state index >= 15 is 0 Å². The van der Waals surface area contributed by atoms with E-state index in [9.17, 15) is 28.2 Å². The molecular formula is C20H23F3N4O4. The predicted octanol–water partition coefficient (Wildman–Crippen LogP) is 1.81. The van der Waals surface area contributed by atoms with Crippen molar-refractivity contribution in [2.24, 2.45) is 0 Å². The Labute approximate surface area is 175 Å². The van der Waals surface area contributed by atoms with Gasteiger partial charge in [0.1, 0.15) is 17.6 Å². The molecule has 168 valence electrons. The van der Waals surface area contributed by atoms with Gasteiger partial charge in [0.25, 0.3) is 5.56 Å². The summed E-state index contributed by atoms with van der Waals surface area (Å²) >= 11 is 0. The first kappa shape index (κ1) is 21.4. The number of aliphatic hydroxyl groups is 1. The van der Waals surface area contributed by atoms with Gasteiger partial charge in [-0.3, -0.25) is 9.36 Å². The maximum atomic E-state index is 13.3. The fraction of sp³-hybridized carbons (Fsp3) is 0.500. The van der Waals surface area contributed by atoms with E-state index < -0.39 is 23.9 Å². The zero-order valence-corrected chi connectivity index (χ0v) is 16.6. The lowest BCUT2D eigenvalue weighted by atomic mass is 10.0. The average Bonchev–Trinajstić information content (AvgIpc) is 2.75. The number of halogens is 3. The first-order chi connectivity index (χ1) is 14.7. The van der Waals surface area contributed by atoms with Crippen LogP contribution < -0.4 is 15.8 Å². The highest BCUT2D eigenvalue weighted by atomic mass is 19.4. The smallest absolute Gasteiger partial charge is 0.408 e. The lowest BCUT2D eigenvalue weighted by molar-refractivity contribution is -0.145. The third-order valence-corrected chi connectivity index (χ3v) is 5.54. The SMILES string of the molecule is O=c1c(C[C@H](O)c2cccc(O)c2)c(N2CCOCC2)nc2n1CC[C@@H](C(F)(F)F)N2. The Morgan fingerprint density at radius 1 is 1.26 bits per heavy atom. The van der Waals surface area contributed by atoms with E-state index in [1.54, 1.807) is 17.0 Å². The number of nitrogens with zero attached hydrogens (tertiary/aromatic N) is 3. The maximum Gasteiger partial charge on any atom is 0.408 e. The van der Waals surface area contributed by atoms with Gasteiger partial charge in [-0.25, -0.2) is 0 Å². The number of fused-ring (bicyclic) bond motifs is 1. The van der Waals surface area contributed by atoms with Gasteiger partial charge in [-0.15, -0.1) is 0 Å². The van der Waals surface area contributed by atoms with Crippen LogP contribution in [0.1, 0.15) is 23.7 Å². The summed E-state index contributed by atoms with van der Waals surface area (Å²) in [5.74, 6) is 0.0948. The number of nitrogens with one attached hydrogen (secondary N) is 1. The summed E-state index contributed by atoms with van der Waals surface area (Å²) in [7, 11) is 0. The van der Waals surface area contributed by atoms with Crippen LogP contribution in [0.2, 0.25) is 0 Å². The van der Waals surface area contributed by atoms with Crippen molar-refractivity contribution in [2.45, 2.75) is 37.7 Å². The minimum atomic E-state index is -4.45. The molecule has 31 heavy (non-hydrogen) atoms. The Bertz CT molecular complexity index is 1000. The van der Waals surface area contributed by atoms with Gasteiger partial charge >= 0.3 is 6.18 Å². The summed E-state index contributed by atoms with van der Waals surface area (Å²) in [6.07, 6.45) is -5.93. The highest BCUT2D eigenvalue weighted by Gasteiger charge is 2.42. The number of aliphatic hydroxyl groups excluding tert-OH is 1. The largest absolute Gasteiger partial charge is 0.508 e. The number of aromatic hydroxyl groups is 1. The molecule has 0 spiro atoms. The highest BCUT2D eigenvalue weighted by molar-refractivity contribution is 5.52. The lowest BCUT2D eigenvalue weighted by Crippen LogP contribution is -2.46. The Hall–Kier alpha value is -2.79. The Balaban J connectivity index is 1.74. The van der Waals surface area contributed by atoms with E-state index in [4.69, 9.17) is 4.74 Å². The van der Waals surface area contributed by atoms with Crippen LogP contribution in [0, 0.1) is 0 Å². The number of alkyl halides is 3. The Kier molecular flexibility index (Phi) is 5.80. The highest BCUT2D eigenvalue weighted by Crippen LogP contribution is 2.31. The van der Waals surface area contributed by atoms with E-state index in [1.165, 1.54) is 16.7 Å². The van der Waals surface area contributed by atoms with Gasteiger partial charge in [0.15, 0.2) is 0 Å². The Morgan fingerprint density at radius 2 is 2.00 bits per heavy atom. The topological polar surface area (TPSA) is 99.8 Å². The number of anilines is 2. The summed E-state index contributed by atoms with van der Waals surface area (Å²) in [6.45, 7) is 1.51. The summed E-state index contributed by atoms with van der Waals surface area (Å²) in [6, 6.07) is 4.29. The van der Waals surface area contributed by atoms with E-state index in [-0.39, 0.29) is 42.5 Å². The number of phenols is 1. The molecule has 0 radical (unpaired) electrons. The van der Waals surface area contributed by atoms with Crippen LogP contribution in [-0.4, -0.2) is 58.3 Å². The van der Waals surface area contributed by atoms with Gasteiger partial charge in [0.05, 0.1) is 24.9 Å². The molecule has 0 bridgehead atoms. The van der Waals surface area contributed by atoms with Crippen LogP contribution in [0.25, 0.3) is 0 Å². The molecule has 2 atom stereocenters. The average molecular weight is 440 g/mol. The van der Waals surface area contributed by atoms with Crippen molar-refractivity contribution in [2.75, 3.05) is 36.5 Å². The van der Waals surface area contributed by atoms with Crippen molar-refractivity contribution in [1.82, 2.24) is 9.55 Å². The van der Waals surface area contributed by atoms with E-state index in [0.717, 1.165) is 0 Å². The number of hydrogen-bond donors (Lipinski definition) is 3. The minimum Gasteiger partial charge on any atom is -0.508 e. The van der Waals surface area contributed by atoms with Crippen LogP contribution in [-0.2, 0) is 17.7 Å². The zero-order chi connectivity index (χ0) is 22.2. The summed E-state index contributed by atoms with van der Waals surface area (Å²) in [4.78, 5) is 19.4. The van der Waals surface area contributed by atoms with Gasteiger partial charge in [-0.05, 0) is 24.1 Å². The number of aromatic nitrogens is 2. The normalized spacial score (nSPS) is 20.1. The fourth-order valence-corrected chi connectivity index (χ4v) is 3.89. The number of benzene rings is 1. The molecule has 1 fully saturated rings. The number of morpholine rings is 1. The van der Waals surface area contributed by atoms with Crippen molar-refractivity contribution in [1.29, 1.82) is 0 Å². The van der Waals surface area contributed by atoms with Gasteiger partial charge in [0, 0.05) is 26.1 Å². The molecule has 0 amide bonds. The first-order valence-electron chi connectivity index (χ1n) is 10.0. The molecule has 2 aliphatic rings. The van der Waals surface area contributed by atoms with Crippen LogP contribution in [0.5, 0.6) is 5.75 Å². The van der Waals surface area contributed by atoms with Crippen molar-refractivity contribution in [3.63, 3.8) is 0 Å². The van der Waals surface area contributed by atoms with Crippen LogP contribution in [0.4, 0.5) is 24.9 Å². The van der Waals surface area contributed by atoms with Crippen LogP contribution in [0.3, 0.4) is 0 Å². The van der Waals surface area contributed by atoms with Crippen LogP contribution in [0.15, 0.2) is 29.1 Å². The quantitative estimate of drug-likeness (QED) is 0.667. The van der Waals surface area contributed by atoms with Gasteiger partial charge in [-0.1, -0.05) is 12.1 Å². The fourth-order valence-electron chi connectivity index (χ4n) is 3.89. The number of rotatable bonds is 4. The molecule has 4 rings (SSSR count). The summed E-state index contributed by atoms with van der Waals surface area (Å²) in [5, 5.41) is 22.7. The molecule has 11 heteroatoms. The van der Waals surface area contributed by atoms with Gasteiger partial charge < -0.3 is 25.2 Å². The molecule has 3 N–H and O–H groups in total. The van der Waals surface area contributed by atoms with Crippen molar-refractivity contribution in [3.05, 3.63) is 45.7 Å². The molecule has 0 unspecified atom stereocenters. The summed E-state index contributed by atoms with van der Waals surface area (Å²) in [5.41, 5.74) is 0.151. The first-order valence-corrected chi connectivity index (χ1v) is 10.0. The second-order valence-corrected chi connectivity index (χ2v) is 7.64. The van der Waals surface area contributed by atoms with E-state index in [1.807, 2.05) is 0 Å². The molecule has 0 aliphatic carbocycles. The second-order valence-electron chi connectivity index (χ2n) is 7.64. The number of hydrogen-bond acceptors (Lipinski definition) is 7. The van der Waals surface area contributed by atoms with Crippen molar-refractivity contribution in [3.8, 4) is 5.75 Å². The van der Waals surface area contributed by atoms with Crippen molar-refractivity contribution < 1.29 is 28.1 Å². The molecule has 0 saturated carbocycles. The molecule has 2 aliphatic heterocycles. The third kappa shape index (κ3) is 4.47.